The van der Waals surface area contributed by atoms with Gasteiger partial charge in [-0.15, -0.1) is 0 Å². The van der Waals surface area contributed by atoms with Gasteiger partial charge in [0.15, 0.2) is 0 Å². The molecule has 4 rings (SSSR count). The minimum absolute atomic E-state index is 0.182. The van der Waals surface area contributed by atoms with Crippen LogP contribution in [0, 0.1) is 6.92 Å². The first-order chi connectivity index (χ1) is 11.1. The third-order valence-corrected chi connectivity index (χ3v) is 5.64. The van der Waals surface area contributed by atoms with E-state index in [-0.39, 0.29) is 12.1 Å². The Morgan fingerprint density at radius 2 is 2.13 bits per heavy atom. The van der Waals surface area contributed by atoms with Gasteiger partial charge in [0.25, 0.3) is 0 Å². The van der Waals surface area contributed by atoms with E-state index in [2.05, 4.69) is 34.7 Å². The highest BCUT2D eigenvalue weighted by atomic mass is 19.1. The zero-order valence-electron chi connectivity index (χ0n) is 13.5. The molecule has 1 aliphatic carbocycles. The normalized spacial score (nSPS) is 29.3. The van der Waals surface area contributed by atoms with E-state index < -0.39 is 5.67 Å². The number of alkyl halides is 1. The molecule has 1 atom stereocenters. The number of hydrogen-bond acceptors (Lipinski definition) is 2. The Morgan fingerprint density at radius 1 is 1.35 bits per heavy atom. The summed E-state index contributed by atoms with van der Waals surface area (Å²) in [6.45, 7) is 2.12. The van der Waals surface area contributed by atoms with E-state index in [1.807, 2.05) is 12.5 Å². The molecule has 4 heteroatoms. The van der Waals surface area contributed by atoms with Crippen LogP contribution < -0.4 is 0 Å². The fourth-order valence-electron chi connectivity index (χ4n) is 4.27. The fourth-order valence-corrected chi connectivity index (χ4v) is 4.27. The maximum absolute atomic E-state index is 15.0. The summed E-state index contributed by atoms with van der Waals surface area (Å²) < 4.78 is 17.2. The summed E-state index contributed by atoms with van der Waals surface area (Å²) in [5.41, 5.74) is 3.84. The Bertz CT molecular complexity index is 716. The molecule has 0 spiro atoms. The third-order valence-electron chi connectivity index (χ3n) is 5.64. The Kier molecular flexibility index (Phi) is 3.52. The van der Waals surface area contributed by atoms with Crippen molar-refractivity contribution < 1.29 is 9.50 Å². The standard InChI is InChI=1S/C19H23FN2O/c1-13-3-2-4-15-16(22-12-21-11-17(22)18(13)15)7-10-19(20)8-5-14(23)6-9-19/h2-4,11-12,14,16,23H,5-10H2,1H3. The Balaban J connectivity index is 1.58. The maximum atomic E-state index is 15.0. The molecular weight excluding hydrogens is 291 g/mol. The molecule has 3 nitrogen and oxygen atoms in total. The second kappa shape index (κ2) is 5.45. The van der Waals surface area contributed by atoms with Crippen molar-refractivity contribution in [1.29, 1.82) is 0 Å². The smallest absolute Gasteiger partial charge is 0.111 e. The molecule has 2 aliphatic rings. The molecule has 0 amide bonds. The van der Waals surface area contributed by atoms with Gasteiger partial charge in [-0.1, -0.05) is 18.2 Å². The Hall–Kier alpha value is -1.68. The van der Waals surface area contributed by atoms with Gasteiger partial charge in [0.05, 0.1) is 30.4 Å². The summed E-state index contributed by atoms with van der Waals surface area (Å²) in [4.78, 5) is 4.29. The van der Waals surface area contributed by atoms with Crippen molar-refractivity contribution >= 4 is 0 Å². The maximum Gasteiger partial charge on any atom is 0.111 e. The molecule has 122 valence electrons. The molecule has 1 saturated carbocycles. The highest BCUT2D eigenvalue weighted by Gasteiger charge is 2.37. The van der Waals surface area contributed by atoms with Gasteiger partial charge in [-0.2, -0.15) is 0 Å². The number of fused-ring (bicyclic) bond motifs is 3. The lowest BCUT2D eigenvalue weighted by atomic mass is 9.80. The number of aliphatic hydroxyl groups excluding tert-OH is 1. The number of aromatic nitrogens is 2. The van der Waals surface area contributed by atoms with Crippen LogP contribution in [-0.4, -0.2) is 26.4 Å². The molecular formula is C19H23FN2O. The monoisotopic (exact) mass is 314 g/mol. The summed E-state index contributed by atoms with van der Waals surface area (Å²) in [6.07, 6.45) is 6.95. The molecule has 23 heavy (non-hydrogen) atoms. The summed E-state index contributed by atoms with van der Waals surface area (Å²) in [6, 6.07) is 6.55. The lowest BCUT2D eigenvalue weighted by Crippen LogP contribution is -2.32. The van der Waals surface area contributed by atoms with E-state index in [9.17, 15) is 5.11 Å². The number of benzene rings is 1. The number of halogens is 1. The van der Waals surface area contributed by atoms with E-state index in [4.69, 9.17) is 0 Å². The summed E-state index contributed by atoms with van der Waals surface area (Å²) >= 11 is 0. The first kappa shape index (κ1) is 14.9. The molecule has 2 aromatic rings. The molecule has 1 fully saturated rings. The van der Waals surface area contributed by atoms with Crippen molar-refractivity contribution in [3.05, 3.63) is 41.9 Å². The average Bonchev–Trinajstić information content (AvgIpc) is 3.10. The molecule has 1 aliphatic heterocycles. The number of nitrogens with zero attached hydrogens (tertiary/aromatic N) is 2. The predicted molar refractivity (Wildman–Crippen MR) is 88.1 cm³/mol. The van der Waals surface area contributed by atoms with E-state index in [1.54, 1.807) is 0 Å². The second-order valence-corrected chi connectivity index (χ2v) is 7.16. The number of aryl methyl sites for hydroxylation is 1. The third kappa shape index (κ3) is 2.49. The van der Waals surface area contributed by atoms with Gasteiger partial charge in [0.2, 0.25) is 0 Å². The Morgan fingerprint density at radius 3 is 2.91 bits per heavy atom. The van der Waals surface area contributed by atoms with E-state index in [0.29, 0.717) is 32.1 Å². The number of hydrogen-bond donors (Lipinski definition) is 1. The van der Waals surface area contributed by atoms with Gasteiger partial charge in [-0.3, -0.25) is 0 Å². The average molecular weight is 314 g/mol. The molecule has 2 heterocycles. The number of imidazole rings is 1. The highest BCUT2D eigenvalue weighted by Crippen LogP contribution is 2.45. The first-order valence-corrected chi connectivity index (χ1v) is 8.56. The molecule has 1 unspecified atom stereocenters. The first-order valence-electron chi connectivity index (χ1n) is 8.56. The van der Waals surface area contributed by atoms with E-state index in [1.165, 1.54) is 16.7 Å². The van der Waals surface area contributed by atoms with Crippen LogP contribution in [0.2, 0.25) is 0 Å². The van der Waals surface area contributed by atoms with Crippen LogP contribution >= 0.6 is 0 Å². The largest absolute Gasteiger partial charge is 0.393 e. The quantitative estimate of drug-likeness (QED) is 0.922. The highest BCUT2D eigenvalue weighted by molar-refractivity contribution is 5.72. The van der Waals surface area contributed by atoms with Crippen molar-refractivity contribution in [1.82, 2.24) is 9.55 Å². The van der Waals surface area contributed by atoms with Crippen molar-refractivity contribution in [2.45, 2.75) is 63.3 Å². The molecule has 1 aromatic heterocycles. The molecule has 0 radical (unpaired) electrons. The van der Waals surface area contributed by atoms with E-state index in [0.717, 1.165) is 12.1 Å². The minimum atomic E-state index is -1.12. The number of rotatable bonds is 3. The van der Waals surface area contributed by atoms with Crippen LogP contribution in [0.3, 0.4) is 0 Å². The molecule has 0 bridgehead atoms. The van der Waals surface area contributed by atoms with Crippen LogP contribution in [0.1, 0.15) is 55.7 Å². The molecule has 1 N–H and O–H groups in total. The van der Waals surface area contributed by atoms with Crippen LogP contribution in [0.25, 0.3) is 11.3 Å². The van der Waals surface area contributed by atoms with Gasteiger partial charge in [-0.05, 0) is 56.6 Å². The van der Waals surface area contributed by atoms with Crippen LogP contribution in [0.5, 0.6) is 0 Å². The predicted octanol–water partition coefficient (Wildman–Crippen LogP) is 4.18. The van der Waals surface area contributed by atoms with Gasteiger partial charge in [0, 0.05) is 5.56 Å². The molecule has 0 saturated heterocycles. The van der Waals surface area contributed by atoms with Crippen LogP contribution in [0.15, 0.2) is 30.7 Å². The SMILES string of the molecule is Cc1cccc2c1-c1cncn1C2CCC1(F)CCC(O)CC1. The summed E-state index contributed by atoms with van der Waals surface area (Å²) in [5, 5.41) is 9.61. The topological polar surface area (TPSA) is 38.0 Å². The number of aliphatic hydroxyl groups is 1. The summed E-state index contributed by atoms with van der Waals surface area (Å²) in [5.74, 6) is 0. The Labute approximate surface area is 136 Å². The van der Waals surface area contributed by atoms with E-state index >= 15 is 4.39 Å². The fraction of sp³-hybridized carbons (Fsp3) is 0.526. The second-order valence-electron chi connectivity index (χ2n) is 7.16. The van der Waals surface area contributed by atoms with Crippen molar-refractivity contribution in [3.8, 4) is 11.3 Å². The van der Waals surface area contributed by atoms with Crippen molar-refractivity contribution in [3.63, 3.8) is 0 Å². The van der Waals surface area contributed by atoms with Gasteiger partial charge in [0.1, 0.15) is 5.67 Å². The molecule has 1 aromatic carbocycles. The van der Waals surface area contributed by atoms with Crippen molar-refractivity contribution in [2.24, 2.45) is 0 Å². The minimum Gasteiger partial charge on any atom is -0.393 e. The van der Waals surface area contributed by atoms with Gasteiger partial charge in [-0.25, -0.2) is 9.37 Å². The van der Waals surface area contributed by atoms with Gasteiger partial charge >= 0.3 is 0 Å². The zero-order valence-corrected chi connectivity index (χ0v) is 13.5. The zero-order chi connectivity index (χ0) is 16.0. The van der Waals surface area contributed by atoms with Crippen LogP contribution in [0.4, 0.5) is 4.39 Å². The lowest BCUT2D eigenvalue weighted by Gasteiger charge is -2.33. The summed E-state index contributed by atoms with van der Waals surface area (Å²) in [7, 11) is 0. The lowest BCUT2D eigenvalue weighted by molar-refractivity contribution is 0.0253. The van der Waals surface area contributed by atoms with Crippen LogP contribution in [-0.2, 0) is 0 Å². The van der Waals surface area contributed by atoms with Crippen molar-refractivity contribution in [2.75, 3.05) is 0 Å². The van der Waals surface area contributed by atoms with Gasteiger partial charge < -0.3 is 9.67 Å².